The number of nitrogens with one attached hydrogen (secondary N) is 1. The van der Waals surface area contributed by atoms with Gasteiger partial charge in [0.1, 0.15) is 46.9 Å². The highest BCUT2D eigenvalue weighted by Crippen LogP contribution is 2.42. The number of hydrogen-bond donors (Lipinski definition) is 1. The summed E-state index contributed by atoms with van der Waals surface area (Å²) < 4.78 is 284. The van der Waals surface area contributed by atoms with E-state index in [1.165, 1.54) is 41.1 Å². The molecule has 2 saturated heterocycles. The van der Waals surface area contributed by atoms with Crippen LogP contribution in [0, 0.1) is 0 Å². The number of allylic oxidation sites excluding steroid dienone is 2. The van der Waals surface area contributed by atoms with Crippen LogP contribution < -0.4 is 23.7 Å². The molecule has 556 valence electrons. The highest BCUT2D eigenvalue weighted by Gasteiger charge is 2.52. The van der Waals surface area contributed by atoms with Gasteiger partial charge in [0.2, 0.25) is 40.1 Å². The Labute approximate surface area is 565 Å². The van der Waals surface area contributed by atoms with Gasteiger partial charge >= 0.3 is 31.6 Å². The number of rotatable bonds is 16. The molecule has 6 aliphatic rings. The third-order valence-corrected chi connectivity index (χ3v) is 22.4. The van der Waals surface area contributed by atoms with Crippen molar-refractivity contribution in [3.05, 3.63) is 121 Å². The predicted octanol–water partition coefficient (Wildman–Crippen LogP) is 12.1. The standard InChI is InChI=1S/2C14H16F3NO4S.C14H16F3NO3S.C11H18O3.C8H8F3NO3S.H2O/c2*1-18(11-3-2-4-12-13(11)21-12)23(19,20)10-7-5-9(6-8-10)22-14(15,16)17;1-18(11-5-3-2-4-6-11)22(19,20)13-9-7-12(8-10-13)21-14(15,16)17;1-11(2,3)14-10(12)13-9-7-5-4-6-8-9;1-12-16(13,14)7-4-2-6(3-5-7)15-8(9,10)11;/h2*5-8,11-13H,2-4H2,1H3;3,5,7-11H,2,4,6H2,1H3;5,7,9H,4,6,8H2,1-3H3;2-5,12H,1H3;1H2/t11-,12?,13+;11-,12?,13-;;;;/m00..../s1. The van der Waals surface area contributed by atoms with Gasteiger partial charge in [-0.15, -0.1) is 52.7 Å². The molecular formula is C61H76F12N4O18S4. The number of likely N-dealkylation sites (N-methyl/N-ethyl adjacent to an activating group) is 3. The first-order valence-corrected chi connectivity index (χ1v) is 35.9. The number of ether oxygens (including phenoxy) is 8. The van der Waals surface area contributed by atoms with Gasteiger partial charge in [0.05, 0.1) is 43.9 Å². The smallest absolute Gasteiger partial charge is 0.429 e. The topological polar surface area (TPSA) is 287 Å². The number of nitrogens with zero attached hydrogens (tertiary/aromatic N) is 3. The number of sulfonamides is 4. The summed E-state index contributed by atoms with van der Waals surface area (Å²) in [4.78, 5) is 10.9. The van der Waals surface area contributed by atoms with Crippen LogP contribution in [-0.4, -0.2) is 166 Å². The molecule has 2 heterocycles. The summed E-state index contributed by atoms with van der Waals surface area (Å²) >= 11 is 0. The maximum Gasteiger partial charge on any atom is 0.573 e. The van der Waals surface area contributed by atoms with Gasteiger partial charge in [-0.1, -0.05) is 18.2 Å². The molecule has 22 nitrogen and oxygen atoms in total. The third kappa shape index (κ3) is 26.1. The second-order valence-electron chi connectivity index (χ2n) is 23.5. The Kier molecular flexibility index (Phi) is 28.6. The lowest BCUT2D eigenvalue weighted by Gasteiger charge is -2.28. The van der Waals surface area contributed by atoms with Crippen LogP contribution in [0.5, 0.6) is 23.0 Å². The minimum atomic E-state index is -4.81. The van der Waals surface area contributed by atoms with Gasteiger partial charge in [0.25, 0.3) is 0 Å². The Morgan fingerprint density at radius 3 is 1.07 bits per heavy atom. The number of carbonyl (C=O) groups excluding carboxylic acids is 1. The molecule has 2 aliphatic heterocycles. The summed E-state index contributed by atoms with van der Waals surface area (Å²) in [6, 6.07) is 15.8. The molecule has 10 rings (SSSR count). The van der Waals surface area contributed by atoms with Crippen LogP contribution in [0.1, 0.15) is 97.8 Å². The molecule has 4 aromatic carbocycles. The molecule has 4 aromatic rings. The van der Waals surface area contributed by atoms with Crippen LogP contribution in [0.15, 0.2) is 141 Å². The van der Waals surface area contributed by atoms with Crippen LogP contribution in [0.2, 0.25) is 0 Å². The summed E-state index contributed by atoms with van der Waals surface area (Å²) in [6.07, 6.45) is -1.33. The summed E-state index contributed by atoms with van der Waals surface area (Å²) in [5.41, 5.74) is -0.477. The fourth-order valence-corrected chi connectivity index (χ4v) is 15.3. The van der Waals surface area contributed by atoms with Crippen LogP contribution in [0.25, 0.3) is 0 Å². The number of alkyl halides is 12. The van der Waals surface area contributed by atoms with E-state index in [2.05, 4.69) is 18.9 Å². The fourth-order valence-electron chi connectivity index (χ4n) is 10.4. The van der Waals surface area contributed by atoms with Crippen LogP contribution >= 0.6 is 0 Å². The Morgan fingerprint density at radius 2 is 0.778 bits per heavy atom. The molecule has 0 spiro atoms. The zero-order chi connectivity index (χ0) is 73.0. The van der Waals surface area contributed by atoms with E-state index in [-0.39, 0.29) is 73.7 Å². The lowest BCUT2D eigenvalue weighted by Crippen LogP contribution is -2.42. The summed E-state index contributed by atoms with van der Waals surface area (Å²) in [7, 11) is -9.35. The molecule has 3 N–H and O–H groups in total. The summed E-state index contributed by atoms with van der Waals surface area (Å²) in [5.74, 6) is -1.83. The molecule has 0 radical (unpaired) electrons. The van der Waals surface area contributed by atoms with E-state index < -0.39 is 100 Å². The highest BCUT2D eigenvalue weighted by atomic mass is 32.2. The van der Waals surface area contributed by atoms with Crippen molar-refractivity contribution in [1.29, 1.82) is 0 Å². The molecule has 4 aliphatic carbocycles. The van der Waals surface area contributed by atoms with E-state index in [1.807, 2.05) is 49.8 Å². The Hall–Kier alpha value is -6.49. The van der Waals surface area contributed by atoms with E-state index in [4.69, 9.17) is 18.9 Å². The quantitative estimate of drug-likeness (QED) is 0.0472. The lowest BCUT2D eigenvalue weighted by atomic mass is 9.96. The number of hydrogen-bond acceptors (Lipinski definition) is 17. The van der Waals surface area contributed by atoms with E-state index in [1.54, 1.807) is 0 Å². The molecular weight excluding hydrogens is 1430 g/mol. The van der Waals surface area contributed by atoms with Crippen molar-refractivity contribution in [2.45, 2.75) is 197 Å². The minimum absolute atomic E-state index is 0. The molecule has 8 atom stereocenters. The Morgan fingerprint density at radius 1 is 0.455 bits per heavy atom. The predicted molar refractivity (Wildman–Crippen MR) is 331 cm³/mol. The number of carbonyl (C=O) groups is 1. The molecule has 0 bridgehead atoms. The monoisotopic (exact) mass is 1510 g/mol. The first-order valence-electron chi connectivity index (χ1n) is 30.1. The SMILES string of the molecule is CC(C)(C)OC(=O)OC1C=CCCC1.CN(C1C=CCCC1)S(=O)(=O)c1ccc(OC(F)(F)F)cc1.CN([C@H]1CCCC2O[C@@H]21)S(=O)(=O)c1ccc(OC(F)(F)F)cc1.CN([C@H]1CCCC2O[C@H]21)S(=O)(=O)c1ccc(OC(F)(F)F)cc1.CNS(=O)(=O)c1ccc(OC(F)(F)F)cc1.O. The van der Waals surface area contributed by atoms with Crippen molar-refractivity contribution in [1.82, 2.24) is 17.6 Å². The Bertz CT molecular complexity index is 3670. The van der Waals surface area contributed by atoms with E-state index in [0.717, 1.165) is 161 Å². The largest absolute Gasteiger partial charge is 0.573 e. The minimum Gasteiger partial charge on any atom is -0.429 e. The third-order valence-electron chi connectivity index (χ3n) is 15.3. The number of halogens is 12. The molecule has 4 unspecified atom stereocenters. The van der Waals surface area contributed by atoms with Gasteiger partial charge in [0, 0.05) is 27.2 Å². The normalized spacial score (nSPS) is 22.2. The average Bonchev–Trinajstić information content (AvgIpc) is 1.72. The van der Waals surface area contributed by atoms with Gasteiger partial charge in [-0.3, -0.25) is 0 Å². The zero-order valence-corrected chi connectivity index (χ0v) is 57.4. The van der Waals surface area contributed by atoms with E-state index in [9.17, 15) is 91.2 Å². The molecule has 0 amide bonds. The maximum absolute atomic E-state index is 12.6. The maximum atomic E-state index is 12.6. The van der Waals surface area contributed by atoms with Crippen molar-refractivity contribution in [2.24, 2.45) is 0 Å². The van der Waals surface area contributed by atoms with Crippen LogP contribution in [0.4, 0.5) is 57.5 Å². The molecule has 4 fully saturated rings. The van der Waals surface area contributed by atoms with E-state index >= 15 is 0 Å². The first-order chi connectivity index (χ1) is 45.3. The van der Waals surface area contributed by atoms with Crippen molar-refractivity contribution >= 4 is 46.2 Å². The van der Waals surface area contributed by atoms with Crippen molar-refractivity contribution in [2.75, 3.05) is 28.2 Å². The lowest BCUT2D eigenvalue weighted by molar-refractivity contribution is -0.275. The van der Waals surface area contributed by atoms with Crippen molar-refractivity contribution in [3.63, 3.8) is 0 Å². The molecule has 0 aromatic heterocycles. The zero-order valence-electron chi connectivity index (χ0n) is 54.1. The Balaban J connectivity index is 0.000000226. The van der Waals surface area contributed by atoms with Crippen LogP contribution in [-0.2, 0) is 59.0 Å². The molecule has 38 heteroatoms. The molecule has 99 heavy (non-hydrogen) atoms. The first kappa shape index (κ1) is 83.2. The second kappa shape index (κ2) is 34.0. The fraction of sp³-hybridized carbons (Fsp3) is 0.525. The molecule has 2 saturated carbocycles. The van der Waals surface area contributed by atoms with E-state index in [0.29, 0.717) is 12.8 Å². The van der Waals surface area contributed by atoms with Gasteiger partial charge in [-0.05, 0) is 208 Å². The average molecular weight is 1510 g/mol. The van der Waals surface area contributed by atoms with Gasteiger partial charge in [0.15, 0.2) is 0 Å². The van der Waals surface area contributed by atoms with Crippen molar-refractivity contribution < 1.29 is 135 Å². The van der Waals surface area contributed by atoms with Crippen molar-refractivity contribution in [3.8, 4) is 23.0 Å². The number of benzene rings is 4. The van der Waals surface area contributed by atoms with Crippen LogP contribution in [0.3, 0.4) is 0 Å². The number of fused-ring (bicyclic) bond motifs is 2. The highest BCUT2D eigenvalue weighted by molar-refractivity contribution is 7.90. The summed E-state index contributed by atoms with van der Waals surface area (Å²) in [6.45, 7) is 5.47. The number of epoxide rings is 2. The van der Waals surface area contributed by atoms with Gasteiger partial charge in [-0.25, -0.2) is 43.2 Å². The second-order valence-corrected chi connectivity index (χ2v) is 31.4. The van der Waals surface area contributed by atoms with Gasteiger partial charge < -0.3 is 43.4 Å². The summed E-state index contributed by atoms with van der Waals surface area (Å²) in [5, 5.41) is 0. The van der Waals surface area contributed by atoms with Gasteiger partial charge in [-0.2, -0.15) is 12.9 Å².